The van der Waals surface area contributed by atoms with E-state index in [-0.39, 0.29) is 5.44 Å². The van der Waals surface area contributed by atoms with Crippen LogP contribution in [0, 0.1) is 5.92 Å². The maximum atomic E-state index is 4.96. The summed E-state index contributed by atoms with van der Waals surface area (Å²) in [5.41, 5.74) is 0.0262. The van der Waals surface area contributed by atoms with Gasteiger partial charge in [-0.2, -0.15) is 0 Å². The number of oxime groups is 1. The topological polar surface area (TPSA) is 21.6 Å². The van der Waals surface area contributed by atoms with E-state index in [0.29, 0.717) is 5.92 Å². The van der Waals surface area contributed by atoms with Crippen LogP contribution >= 0.6 is 22.5 Å². The molecule has 4 heteroatoms. The summed E-state index contributed by atoms with van der Waals surface area (Å²) >= 11 is 3.96. The first kappa shape index (κ1) is 10.2. The third kappa shape index (κ3) is 6.29. The molecule has 0 aliphatic carbocycles. The second-order valence-corrected chi connectivity index (χ2v) is 3.78. The summed E-state index contributed by atoms with van der Waals surface area (Å²) in [6.07, 6.45) is 1.76. The molecule has 0 rings (SSSR count). The zero-order valence-electron chi connectivity index (χ0n) is 6.44. The Balaban J connectivity index is 3.33. The van der Waals surface area contributed by atoms with Crippen LogP contribution in [0.2, 0.25) is 0 Å². The van der Waals surface area contributed by atoms with Crippen LogP contribution in [-0.4, -0.2) is 11.7 Å². The van der Waals surface area contributed by atoms with E-state index in [9.17, 15) is 0 Å². The van der Waals surface area contributed by atoms with Gasteiger partial charge in [0.25, 0.3) is 0 Å². The van der Waals surface area contributed by atoms with Crippen molar-refractivity contribution in [1.29, 1.82) is 0 Å². The Bertz CT molecular complexity index is 106. The summed E-state index contributed by atoms with van der Waals surface area (Å²) in [4.78, 5) is 4.96. The van der Waals surface area contributed by atoms with Crippen molar-refractivity contribution in [1.82, 2.24) is 0 Å². The normalized spacial score (nSPS) is 14.5. The summed E-state index contributed by atoms with van der Waals surface area (Å²) < 4.78 is 0. The standard InChI is InChI=1S/C6H13NOS2/c1-5(2)4-7-8-6(3)10-9/h4-6,9H,1-3H3/b7-4+. The zero-order chi connectivity index (χ0) is 7.98. The second kappa shape index (κ2) is 5.92. The lowest BCUT2D eigenvalue weighted by Crippen LogP contribution is -1.96. The molecule has 10 heavy (non-hydrogen) atoms. The Hall–Kier alpha value is 0.170. The first-order chi connectivity index (χ1) is 4.66. The highest BCUT2D eigenvalue weighted by Gasteiger charge is 1.96. The van der Waals surface area contributed by atoms with Gasteiger partial charge in [0.1, 0.15) is 0 Å². The van der Waals surface area contributed by atoms with Crippen molar-refractivity contribution in [2.75, 3.05) is 0 Å². The molecule has 0 spiro atoms. The number of hydrogen-bond donors (Lipinski definition) is 1. The van der Waals surface area contributed by atoms with Crippen LogP contribution in [0.15, 0.2) is 5.16 Å². The minimum atomic E-state index is 0.0262. The highest BCUT2D eigenvalue weighted by Crippen LogP contribution is 2.14. The number of rotatable bonds is 4. The average molecular weight is 179 g/mol. The molecule has 0 fully saturated rings. The highest BCUT2D eigenvalue weighted by atomic mass is 33.1. The van der Waals surface area contributed by atoms with Gasteiger partial charge in [0.15, 0.2) is 5.44 Å². The van der Waals surface area contributed by atoms with Crippen molar-refractivity contribution in [3.05, 3.63) is 0 Å². The number of thiol groups is 1. The third-order valence-corrected chi connectivity index (χ3v) is 1.99. The molecule has 1 unspecified atom stereocenters. The van der Waals surface area contributed by atoms with Crippen LogP contribution in [0.25, 0.3) is 0 Å². The van der Waals surface area contributed by atoms with E-state index in [2.05, 4.69) is 16.8 Å². The molecule has 1 atom stereocenters. The molecule has 0 saturated heterocycles. The van der Waals surface area contributed by atoms with E-state index in [4.69, 9.17) is 4.84 Å². The molecule has 0 aromatic carbocycles. The Morgan fingerprint density at radius 3 is 2.50 bits per heavy atom. The van der Waals surface area contributed by atoms with Gasteiger partial charge in [-0.3, -0.25) is 0 Å². The van der Waals surface area contributed by atoms with Crippen molar-refractivity contribution < 1.29 is 4.84 Å². The lowest BCUT2D eigenvalue weighted by molar-refractivity contribution is 0.135. The van der Waals surface area contributed by atoms with Crippen LogP contribution < -0.4 is 0 Å². The molecule has 0 saturated carbocycles. The van der Waals surface area contributed by atoms with Crippen LogP contribution in [-0.2, 0) is 4.84 Å². The van der Waals surface area contributed by atoms with Gasteiger partial charge in [-0.15, -0.1) is 11.7 Å². The first-order valence-corrected chi connectivity index (χ1v) is 5.09. The molecular weight excluding hydrogens is 166 g/mol. The van der Waals surface area contributed by atoms with Gasteiger partial charge >= 0.3 is 0 Å². The third-order valence-electron chi connectivity index (χ3n) is 0.717. The van der Waals surface area contributed by atoms with Gasteiger partial charge in [0, 0.05) is 6.21 Å². The van der Waals surface area contributed by atoms with Crippen molar-refractivity contribution in [3.8, 4) is 0 Å². The molecule has 0 amide bonds. The summed E-state index contributed by atoms with van der Waals surface area (Å²) in [6, 6.07) is 0. The Labute approximate surface area is 71.2 Å². The molecule has 0 aliphatic heterocycles. The molecule has 60 valence electrons. The van der Waals surface area contributed by atoms with E-state index in [1.54, 1.807) is 6.21 Å². The molecular formula is C6H13NOS2. The SMILES string of the molecule is CC(C)/C=N/OC(C)SS. The fourth-order valence-corrected chi connectivity index (χ4v) is 0.465. The predicted octanol–water partition coefficient (Wildman–Crippen LogP) is 2.57. The van der Waals surface area contributed by atoms with E-state index < -0.39 is 0 Å². The average Bonchev–Trinajstić information content (AvgIpc) is 1.87. The fraction of sp³-hybridized carbons (Fsp3) is 0.833. The van der Waals surface area contributed by atoms with Gasteiger partial charge in [-0.05, 0) is 12.8 Å². The minimum Gasteiger partial charge on any atom is -0.381 e. The molecule has 0 aliphatic rings. The van der Waals surface area contributed by atoms with E-state index in [1.807, 2.05) is 20.8 Å². The summed E-state index contributed by atoms with van der Waals surface area (Å²) in [5.74, 6) is 0.442. The molecule has 0 bridgehead atoms. The van der Waals surface area contributed by atoms with E-state index in [1.165, 1.54) is 10.8 Å². The quantitative estimate of drug-likeness (QED) is 0.235. The van der Waals surface area contributed by atoms with Crippen LogP contribution in [0.1, 0.15) is 20.8 Å². The molecule has 0 aromatic rings. The highest BCUT2D eigenvalue weighted by molar-refractivity contribution is 8.68. The maximum absolute atomic E-state index is 4.96. The van der Waals surface area contributed by atoms with Gasteiger partial charge in [0.05, 0.1) is 0 Å². The van der Waals surface area contributed by atoms with Gasteiger partial charge in [0.2, 0.25) is 0 Å². The van der Waals surface area contributed by atoms with Crippen LogP contribution in [0.4, 0.5) is 0 Å². The lowest BCUT2D eigenvalue weighted by Gasteiger charge is -2.03. The monoisotopic (exact) mass is 179 g/mol. The molecule has 0 radical (unpaired) electrons. The smallest absolute Gasteiger partial charge is 0.179 e. The molecule has 2 nitrogen and oxygen atoms in total. The van der Waals surface area contributed by atoms with Crippen LogP contribution in [0.5, 0.6) is 0 Å². The maximum Gasteiger partial charge on any atom is 0.179 e. The Morgan fingerprint density at radius 1 is 1.50 bits per heavy atom. The summed E-state index contributed by atoms with van der Waals surface area (Å²) in [6.45, 7) is 5.99. The van der Waals surface area contributed by atoms with E-state index >= 15 is 0 Å². The summed E-state index contributed by atoms with van der Waals surface area (Å²) in [7, 11) is 1.33. The minimum absolute atomic E-state index is 0.0262. The van der Waals surface area contributed by atoms with Gasteiger partial charge < -0.3 is 4.84 Å². The predicted molar refractivity (Wildman–Crippen MR) is 50.5 cm³/mol. The lowest BCUT2D eigenvalue weighted by atomic mass is 10.3. The number of hydrogen-bond acceptors (Lipinski definition) is 4. The zero-order valence-corrected chi connectivity index (χ0v) is 8.15. The Kier molecular flexibility index (Phi) is 6.02. The van der Waals surface area contributed by atoms with Crippen molar-refractivity contribution in [2.24, 2.45) is 11.1 Å². The molecule has 0 heterocycles. The second-order valence-electron chi connectivity index (χ2n) is 2.28. The van der Waals surface area contributed by atoms with Gasteiger partial charge in [-0.1, -0.05) is 29.8 Å². The molecule has 0 N–H and O–H groups in total. The number of nitrogens with zero attached hydrogens (tertiary/aromatic N) is 1. The fourth-order valence-electron chi connectivity index (χ4n) is 0.262. The molecule has 0 aromatic heterocycles. The van der Waals surface area contributed by atoms with Crippen molar-refractivity contribution in [3.63, 3.8) is 0 Å². The van der Waals surface area contributed by atoms with Gasteiger partial charge in [-0.25, -0.2) is 0 Å². The largest absolute Gasteiger partial charge is 0.381 e. The van der Waals surface area contributed by atoms with Crippen LogP contribution in [0.3, 0.4) is 0 Å². The Morgan fingerprint density at radius 2 is 2.10 bits per heavy atom. The van der Waals surface area contributed by atoms with E-state index in [0.717, 1.165) is 0 Å². The van der Waals surface area contributed by atoms with Crippen molar-refractivity contribution in [2.45, 2.75) is 26.2 Å². The summed E-state index contributed by atoms with van der Waals surface area (Å²) in [5, 5.41) is 3.75. The first-order valence-electron chi connectivity index (χ1n) is 3.16. The van der Waals surface area contributed by atoms with Crippen molar-refractivity contribution >= 4 is 28.7 Å².